The summed E-state index contributed by atoms with van der Waals surface area (Å²) in [5.41, 5.74) is 3.45. The molecule has 0 saturated heterocycles. The van der Waals surface area contributed by atoms with Gasteiger partial charge in [-0.15, -0.1) is 0 Å². The van der Waals surface area contributed by atoms with Crippen LogP contribution in [-0.4, -0.2) is 20.4 Å². The molecule has 0 aromatic heterocycles. The third-order valence-corrected chi connectivity index (χ3v) is 4.49. The summed E-state index contributed by atoms with van der Waals surface area (Å²) in [5.74, 6) is -0.276. The first kappa shape index (κ1) is 18.0. The van der Waals surface area contributed by atoms with Gasteiger partial charge in [-0.25, -0.2) is 13.6 Å². The van der Waals surface area contributed by atoms with E-state index in [2.05, 4.69) is 10.6 Å². The zero-order valence-corrected chi connectivity index (χ0v) is 14.6. The van der Waals surface area contributed by atoms with Crippen molar-refractivity contribution in [2.75, 3.05) is 10.6 Å². The highest BCUT2D eigenvalue weighted by atomic mass is 32.2. The number of carbonyl (C=O) groups is 1. The molecule has 2 aromatic carbocycles. The van der Waals surface area contributed by atoms with Crippen LogP contribution in [0, 0.1) is 13.8 Å². The molecule has 24 heavy (non-hydrogen) atoms. The molecule has 0 saturated carbocycles. The van der Waals surface area contributed by atoms with Crippen molar-refractivity contribution in [3.8, 4) is 0 Å². The molecule has 4 N–H and O–H groups in total. The fourth-order valence-electron chi connectivity index (χ4n) is 2.28. The highest BCUT2D eigenvalue weighted by Crippen LogP contribution is 2.18. The molecular formula is C17H21N3O3S. The number of nitrogens with two attached hydrogens (primary N) is 1. The lowest BCUT2D eigenvalue weighted by Gasteiger charge is -2.17. The van der Waals surface area contributed by atoms with Gasteiger partial charge < -0.3 is 10.6 Å². The number of amides is 1. The largest absolute Gasteiger partial charge is 0.374 e. The monoisotopic (exact) mass is 347 g/mol. The van der Waals surface area contributed by atoms with Gasteiger partial charge in [0.15, 0.2) is 0 Å². The molecule has 0 aliphatic carbocycles. The summed E-state index contributed by atoms with van der Waals surface area (Å²) < 4.78 is 22.7. The fraction of sp³-hybridized carbons (Fsp3) is 0.235. The average molecular weight is 347 g/mol. The molecule has 1 atom stereocenters. The SMILES string of the molecule is Cc1ccc(NC(C)C(=O)Nc2cccc(S(N)(=O)=O)c2)c(C)c1. The van der Waals surface area contributed by atoms with Gasteiger partial charge in [-0.05, 0) is 50.6 Å². The molecule has 1 amide bonds. The molecule has 6 nitrogen and oxygen atoms in total. The van der Waals surface area contributed by atoms with Crippen LogP contribution < -0.4 is 15.8 Å². The van der Waals surface area contributed by atoms with Gasteiger partial charge in [-0.1, -0.05) is 23.8 Å². The predicted octanol–water partition coefficient (Wildman–Crippen LogP) is 2.39. The van der Waals surface area contributed by atoms with Gasteiger partial charge in [0.05, 0.1) is 4.90 Å². The van der Waals surface area contributed by atoms with Gasteiger partial charge in [-0.2, -0.15) is 0 Å². The van der Waals surface area contributed by atoms with E-state index in [4.69, 9.17) is 5.14 Å². The van der Waals surface area contributed by atoms with Crippen LogP contribution in [0.4, 0.5) is 11.4 Å². The lowest BCUT2D eigenvalue weighted by molar-refractivity contribution is -0.116. The Balaban J connectivity index is 2.09. The molecule has 0 spiro atoms. The van der Waals surface area contributed by atoms with Crippen LogP contribution in [0.2, 0.25) is 0 Å². The Hall–Kier alpha value is -2.38. The van der Waals surface area contributed by atoms with Crippen molar-refractivity contribution >= 4 is 27.3 Å². The topological polar surface area (TPSA) is 101 Å². The van der Waals surface area contributed by atoms with Gasteiger partial charge in [0, 0.05) is 11.4 Å². The van der Waals surface area contributed by atoms with Crippen molar-refractivity contribution in [1.82, 2.24) is 0 Å². The molecule has 0 radical (unpaired) electrons. The molecule has 0 fully saturated rings. The van der Waals surface area contributed by atoms with Crippen molar-refractivity contribution in [3.05, 3.63) is 53.6 Å². The van der Waals surface area contributed by atoms with Gasteiger partial charge >= 0.3 is 0 Å². The van der Waals surface area contributed by atoms with Gasteiger partial charge in [0.2, 0.25) is 15.9 Å². The van der Waals surface area contributed by atoms with E-state index >= 15 is 0 Å². The molecule has 0 heterocycles. The van der Waals surface area contributed by atoms with Gasteiger partial charge in [0.1, 0.15) is 6.04 Å². The van der Waals surface area contributed by atoms with Crippen LogP contribution in [0.25, 0.3) is 0 Å². The van der Waals surface area contributed by atoms with E-state index in [9.17, 15) is 13.2 Å². The Morgan fingerprint density at radius 2 is 1.83 bits per heavy atom. The minimum Gasteiger partial charge on any atom is -0.374 e. The van der Waals surface area contributed by atoms with E-state index in [-0.39, 0.29) is 10.8 Å². The number of carbonyl (C=O) groups excluding carboxylic acids is 1. The lowest BCUT2D eigenvalue weighted by atomic mass is 10.1. The maximum Gasteiger partial charge on any atom is 0.246 e. The lowest BCUT2D eigenvalue weighted by Crippen LogP contribution is -2.32. The molecule has 7 heteroatoms. The first-order chi connectivity index (χ1) is 11.2. The zero-order valence-electron chi connectivity index (χ0n) is 13.8. The highest BCUT2D eigenvalue weighted by Gasteiger charge is 2.15. The number of hydrogen-bond acceptors (Lipinski definition) is 4. The van der Waals surface area contributed by atoms with E-state index in [1.807, 2.05) is 32.0 Å². The number of rotatable bonds is 5. The minimum absolute atomic E-state index is 0.0460. The number of benzene rings is 2. The van der Waals surface area contributed by atoms with E-state index in [1.165, 1.54) is 18.2 Å². The number of aryl methyl sites for hydroxylation is 2. The van der Waals surface area contributed by atoms with Crippen molar-refractivity contribution in [2.24, 2.45) is 5.14 Å². The molecular weight excluding hydrogens is 326 g/mol. The average Bonchev–Trinajstić information content (AvgIpc) is 2.49. The van der Waals surface area contributed by atoms with Crippen LogP contribution in [-0.2, 0) is 14.8 Å². The summed E-state index contributed by atoms with van der Waals surface area (Å²) in [4.78, 5) is 12.3. The number of sulfonamides is 1. The minimum atomic E-state index is -3.81. The van der Waals surface area contributed by atoms with E-state index < -0.39 is 16.1 Å². The van der Waals surface area contributed by atoms with Crippen LogP contribution in [0.5, 0.6) is 0 Å². The summed E-state index contributed by atoms with van der Waals surface area (Å²) in [6.45, 7) is 5.71. The standard InChI is InChI=1S/C17H21N3O3S/c1-11-7-8-16(12(2)9-11)19-13(3)17(21)20-14-5-4-6-15(10-14)24(18,22)23/h4-10,13,19H,1-3H3,(H,20,21)(H2,18,22,23). The van der Waals surface area contributed by atoms with Gasteiger partial charge in [-0.3, -0.25) is 4.79 Å². The fourth-order valence-corrected chi connectivity index (χ4v) is 2.84. The summed E-state index contributed by atoms with van der Waals surface area (Å²) in [7, 11) is -3.81. The maximum atomic E-state index is 12.3. The zero-order chi connectivity index (χ0) is 17.9. The Morgan fingerprint density at radius 1 is 1.12 bits per heavy atom. The van der Waals surface area contributed by atoms with Crippen molar-refractivity contribution < 1.29 is 13.2 Å². The first-order valence-corrected chi connectivity index (χ1v) is 8.99. The van der Waals surface area contributed by atoms with Crippen molar-refractivity contribution in [1.29, 1.82) is 0 Å². The van der Waals surface area contributed by atoms with Crippen molar-refractivity contribution in [3.63, 3.8) is 0 Å². The summed E-state index contributed by atoms with van der Waals surface area (Å²) in [6, 6.07) is 11.3. The molecule has 2 rings (SSSR count). The van der Waals surface area contributed by atoms with Crippen LogP contribution >= 0.6 is 0 Å². The second-order valence-electron chi connectivity index (χ2n) is 5.75. The van der Waals surface area contributed by atoms with Crippen LogP contribution in [0.1, 0.15) is 18.1 Å². The molecule has 1 unspecified atom stereocenters. The highest BCUT2D eigenvalue weighted by molar-refractivity contribution is 7.89. The molecule has 0 aliphatic heterocycles. The number of nitrogens with one attached hydrogen (secondary N) is 2. The summed E-state index contributed by atoms with van der Waals surface area (Å²) >= 11 is 0. The Kier molecular flexibility index (Phi) is 5.26. The number of anilines is 2. The third kappa shape index (κ3) is 4.56. The molecule has 128 valence electrons. The smallest absolute Gasteiger partial charge is 0.246 e. The normalized spacial score (nSPS) is 12.5. The summed E-state index contributed by atoms with van der Waals surface area (Å²) in [5, 5.41) is 10.9. The van der Waals surface area contributed by atoms with E-state index in [0.29, 0.717) is 5.69 Å². The molecule has 2 aromatic rings. The quantitative estimate of drug-likeness (QED) is 0.773. The van der Waals surface area contributed by atoms with E-state index in [0.717, 1.165) is 16.8 Å². The Morgan fingerprint density at radius 3 is 2.46 bits per heavy atom. The number of hydrogen-bond donors (Lipinski definition) is 3. The number of primary sulfonamides is 1. The Labute approximate surface area is 142 Å². The van der Waals surface area contributed by atoms with Crippen LogP contribution in [0.15, 0.2) is 47.4 Å². The van der Waals surface area contributed by atoms with Crippen LogP contribution in [0.3, 0.4) is 0 Å². The molecule has 0 aliphatic rings. The van der Waals surface area contributed by atoms with E-state index in [1.54, 1.807) is 13.0 Å². The van der Waals surface area contributed by atoms with Gasteiger partial charge in [0.25, 0.3) is 0 Å². The molecule has 0 bridgehead atoms. The first-order valence-electron chi connectivity index (χ1n) is 7.44. The second kappa shape index (κ2) is 7.02. The second-order valence-corrected chi connectivity index (χ2v) is 7.31. The maximum absolute atomic E-state index is 12.3. The summed E-state index contributed by atoms with van der Waals surface area (Å²) in [6.07, 6.45) is 0. The van der Waals surface area contributed by atoms with Crippen molar-refractivity contribution in [2.45, 2.75) is 31.7 Å². The third-order valence-electron chi connectivity index (χ3n) is 3.58. The predicted molar refractivity (Wildman–Crippen MR) is 95.4 cm³/mol. The Bertz CT molecular complexity index is 863.